The second-order valence-corrected chi connectivity index (χ2v) is 10.4. The number of rotatable bonds is 17. The summed E-state index contributed by atoms with van der Waals surface area (Å²) in [7, 11) is 0. The largest absolute Gasteiger partial charge is 0.388 e. The zero-order chi connectivity index (χ0) is 30.1. The van der Waals surface area contributed by atoms with Crippen molar-refractivity contribution in [2.75, 3.05) is 6.61 Å². The Labute approximate surface area is 262 Å². The quantitative estimate of drug-likeness (QED) is 0.137. The van der Waals surface area contributed by atoms with Gasteiger partial charge in [0.15, 0.2) is 0 Å². The van der Waals surface area contributed by atoms with Crippen LogP contribution < -0.4 is 0 Å². The molecule has 0 radical (unpaired) electrons. The SMILES string of the molecule is O[C@H](COCc1ccccc1)[C@@H](OCc1ccccc1)[C@H](OCc1ccccc1)[C@@H](OCc1ccccc1)[C@@H](O)C#CBr. The molecule has 224 valence electrons. The summed E-state index contributed by atoms with van der Waals surface area (Å²) < 4.78 is 25.1. The highest BCUT2D eigenvalue weighted by atomic mass is 79.9. The molecule has 0 aromatic heterocycles. The van der Waals surface area contributed by atoms with E-state index in [1.165, 1.54) is 0 Å². The fourth-order valence-electron chi connectivity index (χ4n) is 4.57. The van der Waals surface area contributed by atoms with Gasteiger partial charge in [0.1, 0.15) is 30.5 Å². The molecule has 0 bridgehead atoms. The van der Waals surface area contributed by atoms with Gasteiger partial charge in [-0.05, 0) is 27.1 Å². The van der Waals surface area contributed by atoms with Crippen molar-refractivity contribution < 1.29 is 29.2 Å². The molecular formula is C36H37BrO6. The molecule has 2 N–H and O–H groups in total. The van der Waals surface area contributed by atoms with Gasteiger partial charge in [-0.2, -0.15) is 0 Å². The molecular weight excluding hydrogens is 608 g/mol. The zero-order valence-corrected chi connectivity index (χ0v) is 25.5. The number of aliphatic hydroxyl groups is 2. The topological polar surface area (TPSA) is 77.4 Å². The van der Waals surface area contributed by atoms with Crippen LogP contribution in [0.1, 0.15) is 22.3 Å². The van der Waals surface area contributed by atoms with E-state index < -0.39 is 30.5 Å². The zero-order valence-electron chi connectivity index (χ0n) is 23.9. The maximum atomic E-state index is 11.6. The van der Waals surface area contributed by atoms with Crippen LogP contribution in [0.4, 0.5) is 0 Å². The van der Waals surface area contributed by atoms with E-state index in [4.69, 9.17) is 18.9 Å². The minimum atomic E-state index is -1.25. The Morgan fingerprint density at radius 1 is 0.512 bits per heavy atom. The Hall–Kier alpha value is -3.32. The fourth-order valence-corrected chi connectivity index (χ4v) is 4.81. The molecule has 4 rings (SSSR count). The van der Waals surface area contributed by atoms with Gasteiger partial charge in [-0.25, -0.2) is 0 Å². The Morgan fingerprint density at radius 3 is 1.30 bits per heavy atom. The maximum absolute atomic E-state index is 11.6. The molecule has 4 aromatic carbocycles. The lowest BCUT2D eigenvalue weighted by atomic mass is 9.98. The van der Waals surface area contributed by atoms with Gasteiger partial charge in [0, 0.05) is 15.9 Å². The lowest BCUT2D eigenvalue weighted by Gasteiger charge is -2.37. The molecule has 0 aliphatic rings. The summed E-state index contributed by atoms with van der Waals surface area (Å²) in [5.41, 5.74) is 3.75. The number of aliphatic hydroxyl groups excluding tert-OH is 2. The molecule has 0 aliphatic carbocycles. The highest BCUT2D eigenvalue weighted by molar-refractivity contribution is 9.12. The average molecular weight is 646 g/mol. The first-order chi connectivity index (χ1) is 21.1. The molecule has 43 heavy (non-hydrogen) atoms. The molecule has 6 nitrogen and oxygen atoms in total. The van der Waals surface area contributed by atoms with E-state index in [2.05, 4.69) is 26.7 Å². The van der Waals surface area contributed by atoms with Gasteiger partial charge < -0.3 is 29.2 Å². The van der Waals surface area contributed by atoms with Crippen LogP contribution in [-0.2, 0) is 45.4 Å². The second-order valence-electron chi connectivity index (χ2n) is 10.0. The van der Waals surface area contributed by atoms with Crippen molar-refractivity contribution in [2.24, 2.45) is 0 Å². The summed E-state index contributed by atoms with van der Waals surface area (Å²) in [6.45, 7) is 0.908. The van der Waals surface area contributed by atoms with Crippen molar-refractivity contribution in [1.29, 1.82) is 0 Å². The fraction of sp³-hybridized carbons (Fsp3) is 0.278. The van der Waals surface area contributed by atoms with Crippen molar-refractivity contribution in [3.05, 3.63) is 144 Å². The van der Waals surface area contributed by atoms with E-state index in [-0.39, 0.29) is 26.4 Å². The number of ether oxygens (including phenoxy) is 4. The van der Waals surface area contributed by atoms with E-state index >= 15 is 0 Å². The van der Waals surface area contributed by atoms with Crippen LogP contribution >= 0.6 is 15.9 Å². The maximum Gasteiger partial charge on any atom is 0.144 e. The molecule has 0 saturated heterocycles. The third-order valence-corrected chi connectivity index (χ3v) is 7.03. The molecule has 0 spiro atoms. The van der Waals surface area contributed by atoms with Gasteiger partial charge in [0.05, 0.1) is 33.0 Å². The molecule has 0 saturated carbocycles. The molecule has 0 unspecified atom stereocenters. The summed E-state index contributed by atoms with van der Waals surface area (Å²) >= 11 is 3.10. The lowest BCUT2D eigenvalue weighted by molar-refractivity contribution is -0.200. The van der Waals surface area contributed by atoms with Crippen molar-refractivity contribution in [2.45, 2.75) is 56.9 Å². The van der Waals surface area contributed by atoms with Gasteiger partial charge in [0.25, 0.3) is 0 Å². The monoisotopic (exact) mass is 644 g/mol. The summed E-state index contributed by atoms with van der Waals surface area (Å²) in [6, 6.07) is 38.8. The average Bonchev–Trinajstić information content (AvgIpc) is 3.05. The van der Waals surface area contributed by atoms with Gasteiger partial charge in [-0.1, -0.05) is 127 Å². The number of hydrogen-bond acceptors (Lipinski definition) is 6. The Balaban J connectivity index is 1.62. The van der Waals surface area contributed by atoms with Gasteiger partial charge in [-0.3, -0.25) is 0 Å². The minimum absolute atomic E-state index is 0.0226. The molecule has 0 fully saturated rings. The van der Waals surface area contributed by atoms with Gasteiger partial charge in [-0.15, -0.1) is 0 Å². The van der Waals surface area contributed by atoms with E-state index in [9.17, 15) is 10.2 Å². The molecule has 0 aliphatic heterocycles. The predicted molar refractivity (Wildman–Crippen MR) is 170 cm³/mol. The van der Waals surface area contributed by atoms with Crippen LogP contribution in [-0.4, -0.2) is 47.3 Å². The Kier molecular flexibility index (Phi) is 13.9. The van der Waals surface area contributed by atoms with Gasteiger partial charge in [0.2, 0.25) is 0 Å². The first-order valence-electron chi connectivity index (χ1n) is 14.2. The smallest absolute Gasteiger partial charge is 0.144 e. The van der Waals surface area contributed by atoms with Crippen LogP contribution in [0.25, 0.3) is 0 Å². The molecule has 7 heteroatoms. The van der Waals surface area contributed by atoms with E-state index in [1.54, 1.807) is 0 Å². The second kappa shape index (κ2) is 18.4. The number of benzene rings is 4. The summed E-state index contributed by atoms with van der Waals surface area (Å²) in [5, 5.41) is 22.8. The summed E-state index contributed by atoms with van der Waals surface area (Å²) in [6.07, 6.45) is -5.19. The van der Waals surface area contributed by atoms with E-state index in [0.717, 1.165) is 22.3 Å². The molecule has 4 aromatic rings. The van der Waals surface area contributed by atoms with Crippen LogP contribution in [0, 0.1) is 10.8 Å². The third kappa shape index (κ3) is 11.0. The first-order valence-corrected chi connectivity index (χ1v) is 15.0. The van der Waals surface area contributed by atoms with Crippen LogP contribution in [0.3, 0.4) is 0 Å². The minimum Gasteiger partial charge on any atom is -0.388 e. The standard InChI is InChI=1S/C36H37BrO6/c37-22-21-32(38)34(41-24-29-15-7-2-8-16-29)36(43-26-31-19-11-4-12-20-31)35(42-25-30-17-9-3-10-18-30)33(39)27-40-23-28-13-5-1-6-14-28/h1-20,32-36,38-39H,23-27H2/t32-,33+,34-,35+,36+/m0/s1. The highest BCUT2D eigenvalue weighted by Gasteiger charge is 2.40. The highest BCUT2D eigenvalue weighted by Crippen LogP contribution is 2.23. The number of hydrogen-bond donors (Lipinski definition) is 2. The summed E-state index contributed by atoms with van der Waals surface area (Å²) in [4.78, 5) is 2.60. The molecule has 5 atom stereocenters. The van der Waals surface area contributed by atoms with Crippen molar-refractivity contribution >= 4 is 15.9 Å². The van der Waals surface area contributed by atoms with Crippen LogP contribution in [0.2, 0.25) is 0 Å². The van der Waals surface area contributed by atoms with Crippen molar-refractivity contribution in [1.82, 2.24) is 0 Å². The van der Waals surface area contributed by atoms with Gasteiger partial charge >= 0.3 is 0 Å². The normalized spacial score (nSPS) is 14.6. The summed E-state index contributed by atoms with van der Waals surface area (Å²) in [5.74, 6) is 2.74. The Morgan fingerprint density at radius 2 is 0.884 bits per heavy atom. The van der Waals surface area contributed by atoms with Crippen molar-refractivity contribution in [3.8, 4) is 10.8 Å². The van der Waals surface area contributed by atoms with E-state index in [0.29, 0.717) is 6.61 Å². The predicted octanol–water partition coefficient (Wildman–Crippen LogP) is 6.04. The first kappa shape index (κ1) is 32.6. The third-order valence-electron chi connectivity index (χ3n) is 6.80. The van der Waals surface area contributed by atoms with Crippen LogP contribution in [0.15, 0.2) is 121 Å². The van der Waals surface area contributed by atoms with Crippen LogP contribution in [0.5, 0.6) is 0 Å². The number of halogens is 1. The Bertz CT molecular complexity index is 1360. The lowest BCUT2D eigenvalue weighted by Crippen LogP contribution is -2.53. The van der Waals surface area contributed by atoms with Crippen molar-refractivity contribution in [3.63, 3.8) is 0 Å². The molecule has 0 amide bonds. The molecule has 0 heterocycles. The van der Waals surface area contributed by atoms with E-state index in [1.807, 2.05) is 121 Å².